The van der Waals surface area contributed by atoms with E-state index in [-0.39, 0.29) is 29.6 Å². The van der Waals surface area contributed by atoms with E-state index in [9.17, 15) is 20.0 Å². The van der Waals surface area contributed by atoms with Gasteiger partial charge in [0.15, 0.2) is 0 Å². The summed E-state index contributed by atoms with van der Waals surface area (Å²) >= 11 is 0. The molecule has 1 aliphatic heterocycles. The number of nitro benzene ring substituents is 1. The van der Waals surface area contributed by atoms with Crippen LogP contribution in [0.4, 0.5) is 5.69 Å². The Balaban J connectivity index is 1.85. The molecule has 2 aromatic carbocycles. The lowest BCUT2D eigenvalue weighted by Gasteiger charge is -2.41. The van der Waals surface area contributed by atoms with Crippen LogP contribution in [0.25, 0.3) is 6.08 Å². The molecule has 1 amide bonds. The molecular formula is C26H33N3O5. The largest absolute Gasteiger partial charge is 0.387 e. The number of carbonyl (C=O) groups is 1. The maximum absolute atomic E-state index is 13.1. The number of aliphatic hydroxyl groups is 1. The average molecular weight is 468 g/mol. The third-order valence-electron chi connectivity index (χ3n) is 5.90. The number of nitro groups is 1. The van der Waals surface area contributed by atoms with Crippen molar-refractivity contribution >= 4 is 17.7 Å². The molecule has 0 radical (unpaired) electrons. The summed E-state index contributed by atoms with van der Waals surface area (Å²) in [6.45, 7) is 6.60. The Labute approximate surface area is 200 Å². The molecule has 0 spiro atoms. The fourth-order valence-corrected chi connectivity index (χ4v) is 4.25. The van der Waals surface area contributed by atoms with E-state index in [1.807, 2.05) is 36.4 Å². The fourth-order valence-electron chi connectivity index (χ4n) is 4.25. The summed E-state index contributed by atoms with van der Waals surface area (Å²) < 4.78 is 5.52. The minimum absolute atomic E-state index is 0.0667. The molecule has 3 atom stereocenters. The van der Waals surface area contributed by atoms with Gasteiger partial charge in [0, 0.05) is 36.8 Å². The zero-order valence-electron chi connectivity index (χ0n) is 19.7. The average Bonchev–Trinajstić information content (AvgIpc) is 2.84. The van der Waals surface area contributed by atoms with Gasteiger partial charge in [-0.25, -0.2) is 0 Å². The zero-order chi connectivity index (χ0) is 24.5. The SMILES string of the molecule is CC(C)C[C@H](NC(=O)c1ccc([N+](=O)[O-])cc1)[C@@H]([C@@H](O)/C=C/c1ccccc1)N1CCOCC1. The summed E-state index contributed by atoms with van der Waals surface area (Å²) in [5.41, 5.74) is 1.26. The van der Waals surface area contributed by atoms with Crippen molar-refractivity contribution in [1.82, 2.24) is 10.2 Å². The van der Waals surface area contributed by atoms with Crippen molar-refractivity contribution in [3.05, 3.63) is 81.9 Å². The number of morpholine rings is 1. The Bertz CT molecular complexity index is 956. The molecule has 1 fully saturated rings. The predicted octanol–water partition coefficient (Wildman–Crippen LogP) is 3.51. The number of amides is 1. The van der Waals surface area contributed by atoms with Crippen molar-refractivity contribution < 1.29 is 19.6 Å². The van der Waals surface area contributed by atoms with Crippen molar-refractivity contribution in [3.63, 3.8) is 0 Å². The Morgan fingerprint density at radius 3 is 2.38 bits per heavy atom. The standard InChI is InChI=1S/C26H33N3O5/c1-19(2)18-23(27-26(31)21-9-11-22(12-10-21)29(32)33)25(28-14-16-34-17-15-28)24(30)13-8-20-6-4-3-5-7-20/h3-13,19,23-25,30H,14-18H2,1-2H3,(H,27,31)/b13-8+/t23-,24-,25-/m0/s1. The minimum Gasteiger partial charge on any atom is -0.387 e. The summed E-state index contributed by atoms with van der Waals surface area (Å²) in [5, 5.41) is 25.3. The normalized spacial score (nSPS) is 17.4. The Kier molecular flexibility index (Phi) is 9.33. The zero-order valence-corrected chi connectivity index (χ0v) is 19.7. The molecule has 3 rings (SSSR count). The molecule has 0 saturated carbocycles. The van der Waals surface area contributed by atoms with Crippen LogP contribution < -0.4 is 5.32 Å². The molecule has 0 bridgehead atoms. The second kappa shape index (κ2) is 12.4. The van der Waals surface area contributed by atoms with E-state index in [2.05, 4.69) is 24.1 Å². The topological polar surface area (TPSA) is 105 Å². The molecule has 8 nitrogen and oxygen atoms in total. The number of benzene rings is 2. The molecule has 2 N–H and O–H groups in total. The third-order valence-corrected chi connectivity index (χ3v) is 5.90. The van der Waals surface area contributed by atoms with E-state index >= 15 is 0 Å². The van der Waals surface area contributed by atoms with Gasteiger partial charge in [0.1, 0.15) is 0 Å². The van der Waals surface area contributed by atoms with Crippen LogP contribution in [0.5, 0.6) is 0 Å². The minimum atomic E-state index is -0.820. The van der Waals surface area contributed by atoms with Gasteiger partial charge >= 0.3 is 0 Å². The number of hydrogen-bond acceptors (Lipinski definition) is 6. The van der Waals surface area contributed by atoms with Crippen molar-refractivity contribution in [3.8, 4) is 0 Å². The number of hydrogen-bond donors (Lipinski definition) is 2. The first-order valence-electron chi connectivity index (χ1n) is 11.6. The first-order valence-corrected chi connectivity index (χ1v) is 11.6. The number of aliphatic hydroxyl groups excluding tert-OH is 1. The van der Waals surface area contributed by atoms with Crippen molar-refractivity contribution in [2.24, 2.45) is 5.92 Å². The van der Waals surface area contributed by atoms with Crippen LogP contribution in [0, 0.1) is 16.0 Å². The maximum Gasteiger partial charge on any atom is 0.269 e. The van der Waals surface area contributed by atoms with Crippen LogP contribution in [0.15, 0.2) is 60.7 Å². The molecule has 1 aliphatic rings. The second-order valence-electron chi connectivity index (χ2n) is 8.91. The van der Waals surface area contributed by atoms with Gasteiger partial charge in [0.2, 0.25) is 0 Å². The second-order valence-corrected chi connectivity index (χ2v) is 8.91. The van der Waals surface area contributed by atoms with Gasteiger partial charge in [-0.05, 0) is 30.0 Å². The Morgan fingerprint density at radius 1 is 1.15 bits per heavy atom. The predicted molar refractivity (Wildman–Crippen MR) is 131 cm³/mol. The lowest BCUT2D eigenvalue weighted by Crippen LogP contribution is -2.59. The van der Waals surface area contributed by atoms with Gasteiger partial charge in [-0.15, -0.1) is 0 Å². The van der Waals surface area contributed by atoms with Gasteiger partial charge in [-0.1, -0.05) is 56.3 Å². The van der Waals surface area contributed by atoms with Crippen LogP contribution >= 0.6 is 0 Å². The summed E-state index contributed by atoms with van der Waals surface area (Å²) in [6, 6.07) is 14.6. The number of carbonyl (C=O) groups excluding carboxylic acids is 1. The lowest BCUT2D eigenvalue weighted by molar-refractivity contribution is -0.384. The van der Waals surface area contributed by atoms with E-state index in [1.54, 1.807) is 6.08 Å². The number of non-ortho nitro benzene ring substituents is 1. The number of nitrogens with zero attached hydrogens (tertiary/aromatic N) is 2. The van der Waals surface area contributed by atoms with Gasteiger partial charge in [-0.3, -0.25) is 19.8 Å². The maximum atomic E-state index is 13.1. The highest BCUT2D eigenvalue weighted by Crippen LogP contribution is 2.21. The van der Waals surface area contributed by atoms with Crippen LogP contribution in [-0.2, 0) is 4.74 Å². The molecule has 1 heterocycles. The van der Waals surface area contributed by atoms with Gasteiger partial charge in [0.25, 0.3) is 11.6 Å². The Hall–Kier alpha value is -3.07. The highest BCUT2D eigenvalue weighted by Gasteiger charge is 2.35. The summed E-state index contributed by atoms with van der Waals surface area (Å²) in [7, 11) is 0. The molecular weight excluding hydrogens is 434 g/mol. The van der Waals surface area contributed by atoms with Crippen LogP contribution in [0.2, 0.25) is 0 Å². The summed E-state index contributed by atoms with van der Waals surface area (Å²) in [4.78, 5) is 25.7. The molecule has 0 aliphatic carbocycles. The van der Waals surface area contributed by atoms with E-state index in [4.69, 9.17) is 4.74 Å². The molecule has 0 unspecified atom stereocenters. The van der Waals surface area contributed by atoms with Gasteiger partial charge in [0.05, 0.1) is 30.3 Å². The summed E-state index contributed by atoms with van der Waals surface area (Å²) in [5.74, 6) is -0.0472. The summed E-state index contributed by atoms with van der Waals surface area (Å²) in [6.07, 6.45) is 3.51. The van der Waals surface area contributed by atoms with Crippen LogP contribution in [-0.4, -0.2) is 65.3 Å². The van der Waals surface area contributed by atoms with Gasteiger partial charge < -0.3 is 15.2 Å². The number of rotatable bonds is 10. The van der Waals surface area contributed by atoms with Crippen molar-refractivity contribution in [1.29, 1.82) is 0 Å². The molecule has 34 heavy (non-hydrogen) atoms. The van der Waals surface area contributed by atoms with Gasteiger partial charge in [-0.2, -0.15) is 0 Å². The van der Waals surface area contributed by atoms with Crippen LogP contribution in [0.1, 0.15) is 36.2 Å². The molecule has 8 heteroatoms. The van der Waals surface area contributed by atoms with Crippen molar-refractivity contribution in [2.75, 3.05) is 26.3 Å². The quantitative estimate of drug-likeness (QED) is 0.409. The molecule has 182 valence electrons. The van der Waals surface area contributed by atoms with E-state index in [0.29, 0.717) is 38.3 Å². The highest BCUT2D eigenvalue weighted by molar-refractivity contribution is 5.94. The smallest absolute Gasteiger partial charge is 0.269 e. The molecule has 2 aromatic rings. The lowest BCUT2D eigenvalue weighted by atomic mass is 9.91. The monoisotopic (exact) mass is 467 g/mol. The fraction of sp³-hybridized carbons (Fsp3) is 0.423. The molecule has 0 aromatic heterocycles. The van der Waals surface area contributed by atoms with Crippen LogP contribution in [0.3, 0.4) is 0 Å². The van der Waals surface area contributed by atoms with E-state index < -0.39 is 11.0 Å². The van der Waals surface area contributed by atoms with E-state index in [0.717, 1.165) is 5.56 Å². The first-order chi connectivity index (χ1) is 16.3. The Morgan fingerprint density at radius 2 is 1.79 bits per heavy atom. The van der Waals surface area contributed by atoms with E-state index in [1.165, 1.54) is 24.3 Å². The number of ether oxygens (including phenoxy) is 1. The highest BCUT2D eigenvalue weighted by atomic mass is 16.6. The first kappa shape index (κ1) is 25.6. The van der Waals surface area contributed by atoms with Crippen molar-refractivity contribution in [2.45, 2.75) is 38.5 Å². The third kappa shape index (κ3) is 7.21. The number of nitrogens with one attached hydrogen (secondary N) is 1. The molecule has 1 saturated heterocycles.